The fourth-order valence-electron chi connectivity index (χ4n) is 3.05. The molecule has 1 atom stereocenters. The van der Waals surface area contributed by atoms with Crippen molar-refractivity contribution in [3.8, 4) is 0 Å². The van der Waals surface area contributed by atoms with Gasteiger partial charge in [0.15, 0.2) is 0 Å². The quantitative estimate of drug-likeness (QED) is 0.837. The lowest BCUT2D eigenvalue weighted by Gasteiger charge is -2.17. The van der Waals surface area contributed by atoms with E-state index < -0.39 is 0 Å². The lowest BCUT2D eigenvalue weighted by Crippen LogP contribution is -2.39. The zero-order chi connectivity index (χ0) is 18.4. The normalized spacial score (nSPS) is 16.6. The van der Waals surface area contributed by atoms with Crippen molar-refractivity contribution < 1.29 is 14.0 Å². The molecule has 0 aliphatic carbocycles. The van der Waals surface area contributed by atoms with Crippen LogP contribution >= 0.6 is 0 Å². The Balaban J connectivity index is 1.40. The molecule has 5 nitrogen and oxygen atoms in total. The molecule has 1 aliphatic rings. The summed E-state index contributed by atoms with van der Waals surface area (Å²) >= 11 is 0. The van der Waals surface area contributed by atoms with Crippen molar-refractivity contribution in [2.45, 2.75) is 12.8 Å². The van der Waals surface area contributed by atoms with Crippen LogP contribution in [0, 0.1) is 11.7 Å². The van der Waals surface area contributed by atoms with Gasteiger partial charge in [-0.2, -0.15) is 0 Å². The smallest absolute Gasteiger partial charge is 0.314 e. The number of anilines is 1. The molecule has 2 N–H and O–H groups in total. The maximum atomic E-state index is 13.0. The number of rotatable bonds is 6. The number of urea groups is 1. The Morgan fingerprint density at radius 2 is 1.81 bits per heavy atom. The van der Waals surface area contributed by atoms with E-state index in [1.165, 1.54) is 17.7 Å². The van der Waals surface area contributed by atoms with E-state index >= 15 is 0 Å². The van der Waals surface area contributed by atoms with Crippen LogP contribution in [0.2, 0.25) is 0 Å². The molecule has 26 heavy (non-hydrogen) atoms. The van der Waals surface area contributed by atoms with Crippen molar-refractivity contribution in [1.82, 2.24) is 10.6 Å². The van der Waals surface area contributed by atoms with Gasteiger partial charge in [-0.25, -0.2) is 9.18 Å². The number of hydrogen-bond donors (Lipinski definition) is 2. The highest BCUT2D eigenvalue weighted by Crippen LogP contribution is 2.24. The number of carbonyl (C=O) groups is 2. The highest BCUT2D eigenvalue weighted by molar-refractivity contribution is 5.95. The van der Waals surface area contributed by atoms with Crippen molar-refractivity contribution in [3.63, 3.8) is 0 Å². The summed E-state index contributed by atoms with van der Waals surface area (Å²) < 4.78 is 13.0. The second-order valence-corrected chi connectivity index (χ2v) is 6.42. The number of hydrogen-bond acceptors (Lipinski definition) is 2. The molecule has 0 unspecified atom stereocenters. The molecule has 136 valence electrons. The Labute approximate surface area is 152 Å². The maximum Gasteiger partial charge on any atom is 0.314 e. The summed E-state index contributed by atoms with van der Waals surface area (Å²) in [6, 6.07) is 15.6. The molecule has 2 aromatic carbocycles. The lowest BCUT2D eigenvalue weighted by atomic mass is 10.1. The zero-order valence-corrected chi connectivity index (χ0v) is 14.5. The van der Waals surface area contributed by atoms with Gasteiger partial charge in [0.1, 0.15) is 5.82 Å². The molecular weight excluding hydrogens is 333 g/mol. The average molecular weight is 355 g/mol. The van der Waals surface area contributed by atoms with Gasteiger partial charge in [0.2, 0.25) is 5.91 Å². The van der Waals surface area contributed by atoms with Gasteiger partial charge in [0.25, 0.3) is 0 Å². The van der Waals surface area contributed by atoms with Crippen LogP contribution < -0.4 is 15.5 Å². The van der Waals surface area contributed by atoms with Gasteiger partial charge in [-0.05, 0) is 36.2 Å². The Bertz CT molecular complexity index is 749. The molecule has 0 spiro atoms. The predicted octanol–water partition coefficient (Wildman–Crippen LogP) is 2.72. The first-order valence-corrected chi connectivity index (χ1v) is 8.73. The molecule has 6 heteroatoms. The average Bonchev–Trinajstić information content (AvgIpc) is 3.02. The van der Waals surface area contributed by atoms with Gasteiger partial charge in [-0.3, -0.25) is 4.79 Å². The van der Waals surface area contributed by atoms with E-state index in [0.717, 1.165) is 6.42 Å². The van der Waals surface area contributed by atoms with Gasteiger partial charge in [-0.1, -0.05) is 30.3 Å². The maximum absolute atomic E-state index is 13.0. The van der Waals surface area contributed by atoms with Gasteiger partial charge in [0.05, 0.1) is 0 Å². The third-order valence-electron chi connectivity index (χ3n) is 4.44. The summed E-state index contributed by atoms with van der Waals surface area (Å²) in [5.41, 5.74) is 1.86. The molecule has 1 fully saturated rings. The van der Waals surface area contributed by atoms with E-state index in [-0.39, 0.29) is 23.7 Å². The lowest BCUT2D eigenvalue weighted by molar-refractivity contribution is -0.117. The highest BCUT2D eigenvalue weighted by Gasteiger charge is 2.30. The van der Waals surface area contributed by atoms with Crippen molar-refractivity contribution in [2.24, 2.45) is 5.92 Å². The van der Waals surface area contributed by atoms with Crippen molar-refractivity contribution in [1.29, 1.82) is 0 Å². The molecule has 1 aliphatic heterocycles. The Kier molecular flexibility index (Phi) is 5.84. The van der Waals surface area contributed by atoms with Crippen LogP contribution in [0.4, 0.5) is 14.9 Å². The van der Waals surface area contributed by atoms with E-state index in [9.17, 15) is 14.0 Å². The SMILES string of the molecule is O=C(NCCc1ccccc1)NC[C@@H]1CC(=O)N(c2ccc(F)cc2)C1. The van der Waals surface area contributed by atoms with Gasteiger partial charge >= 0.3 is 6.03 Å². The van der Waals surface area contributed by atoms with Crippen molar-refractivity contribution >= 4 is 17.6 Å². The topological polar surface area (TPSA) is 61.4 Å². The number of amides is 3. The van der Waals surface area contributed by atoms with Crippen LogP contribution in [0.15, 0.2) is 54.6 Å². The van der Waals surface area contributed by atoms with Crippen molar-refractivity contribution in [2.75, 3.05) is 24.5 Å². The minimum atomic E-state index is -0.328. The standard InChI is InChI=1S/C20H22FN3O2/c21-17-6-8-18(9-7-17)24-14-16(12-19(24)25)13-23-20(26)22-11-10-15-4-2-1-3-5-15/h1-9,16H,10-14H2,(H2,22,23,26)/t16-/m0/s1. The first-order chi connectivity index (χ1) is 12.6. The molecule has 1 heterocycles. The first kappa shape index (κ1) is 17.9. The molecule has 0 aromatic heterocycles. The van der Waals surface area contributed by atoms with E-state index in [1.807, 2.05) is 30.3 Å². The number of nitrogens with one attached hydrogen (secondary N) is 2. The third-order valence-corrected chi connectivity index (χ3v) is 4.44. The van der Waals surface area contributed by atoms with E-state index in [2.05, 4.69) is 10.6 Å². The molecule has 1 saturated heterocycles. The molecule has 0 bridgehead atoms. The van der Waals surface area contributed by atoms with Crippen LogP contribution in [0.5, 0.6) is 0 Å². The predicted molar refractivity (Wildman–Crippen MR) is 98.4 cm³/mol. The molecule has 2 aromatic rings. The van der Waals surface area contributed by atoms with Crippen LogP contribution in [-0.2, 0) is 11.2 Å². The summed E-state index contributed by atoms with van der Waals surface area (Å²) in [6.07, 6.45) is 1.15. The molecule has 3 rings (SSSR count). The number of halogens is 1. The second-order valence-electron chi connectivity index (χ2n) is 6.42. The minimum absolute atomic E-state index is 0.00658. The highest BCUT2D eigenvalue weighted by atomic mass is 19.1. The summed E-state index contributed by atoms with van der Waals surface area (Å²) in [5.74, 6) is -0.286. The fourth-order valence-corrected chi connectivity index (χ4v) is 3.05. The molecule has 0 saturated carbocycles. The molecule has 0 radical (unpaired) electrons. The van der Waals surface area contributed by atoms with E-state index in [4.69, 9.17) is 0 Å². The van der Waals surface area contributed by atoms with Gasteiger partial charge in [-0.15, -0.1) is 0 Å². The van der Waals surface area contributed by atoms with Gasteiger partial charge in [0, 0.05) is 37.7 Å². The summed E-state index contributed by atoms with van der Waals surface area (Å²) in [4.78, 5) is 25.7. The second kappa shape index (κ2) is 8.47. The molecule has 3 amide bonds. The summed E-state index contributed by atoms with van der Waals surface area (Å²) in [5, 5.41) is 5.65. The van der Waals surface area contributed by atoms with E-state index in [0.29, 0.717) is 31.7 Å². The Morgan fingerprint density at radius 1 is 1.08 bits per heavy atom. The number of benzene rings is 2. The fraction of sp³-hybridized carbons (Fsp3) is 0.300. The van der Waals surface area contributed by atoms with Crippen LogP contribution in [0.3, 0.4) is 0 Å². The first-order valence-electron chi connectivity index (χ1n) is 8.73. The molecular formula is C20H22FN3O2. The van der Waals surface area contributed by atoms with Gasteiger partial charge < -0.3 is 15.5 Å². The zero-order valence-electron chi connectivity index (χ0n) is 14.5. The Morgan fingerprint density at radius 3 is 2.54 bits per heavy atom. The van der Waals surface area contributed by atoms with Crippen molar-refractivity contribution in [3.05, 3.63) is 66.0 Å². The Hall–Kier alpha value is -2.89. The van der Waals surface area contributed by atoms with E-state index in [1.54, 1.807) is 17.0 Å². The van der Waals surface area contributed by atoms with Crippen LogP contribution in [0.1, 0.15) is 12.0 Å². The number of carbonyl (C=O) groups excluding carboxylic acids is 2. The largest absolute Gasteiger partial charge is 0.338 e. The van der Waals surface area contributed by atoms with Crippen LogP contribution in [-0.4, -0.2) is 31.6 Å². The minimum Gasteiger partial charge on any atom is -0.338 e. The summed E-state index contributed by atoms with van der Waals surface area (Å²) in [7, 11) is 0. The number of nitrogens with zero attached hydrogens (tertiary/aromatic N) is 1. The monoisotopic (exact) mass is 355 g/mol. The third kappa shape index (κ3) is 4.81. The van der Waals surface area contributed by atoms with Crippen LogP contribution in [0.25, 0.3) is 0 Å². The summed E-state index contributed by atoms with van der Waals surface area (Å²) in [6.45, 7) is 1.51.